The molecule has 0 aliphatic heterocycles. The SMILES string of the molecule is COc1cccc(Cn2nc(C)c(CNC(C)C)c2C)c1. The van der Waals surface area contributed by atoms with Crippen molar-refractivity contribution in [2.45, 2.75) is 46.8 Å². The molecular formula is C17H25N3O. The van der Waals surface area contributed by atoms with Crippen molar-refractivity contribution in [1.29, 1.82) is 0 Å². The zero-order valence-electron chi connectivity index (χ0n) is 13.6. The summed E-state index contributed by atoms with van der Waals surface area (Å²) in [6.45, 7) is 10.2. The summed E-state index contributed by atoms with van der Waals surface area (Å²) < 4.78 is 7.35. The van der Waals surface area contributed by atoms with Gasteiger partial charge in [0.2, 0.25) is 0 Å². The summed E-state index contributed by atoms with van der Waals surface area (Å²) in [5, 5.41) is 8.14. The highest BCUT2D eigenvalue weighted by Gasteiger charge is 2.12. The summed E-state index contributed by atoms with van der Waals surface area (Å²) in [5.74, 6) is 0.885. The van der Waals surface area contributed by atoms with E-state index in [1.54, 1.807) is 7.11 Å². The minimum Gasteiger partial charge on any atom is -0.497 e. The van der Waals surface area contributed by atoms with Crippen LogP contribution in [0.2, 0.25) is 0 Å². The van der Waals surface area contributed by atoms with Crippen LogP contribution >= 0.6 is 0 Å². The number of hydrogen-bond acceptors (Lipinski definition) is 3. The van der Waals surface area contributed by atoms with Crippen LogP contribution in [0.1, 0.15) is 36.4 Å². The molecule has 0 aliphatic carbocycles. The van der Waals surface area contributed by atoms with E-state index in [9.17, 15) is 0 Å². The van der Waals surface area contributed by atoms with Crippen molar-refractivity contribution in [3.63, 3.8) is 0 Å². The quantitative estimate of drug-likeness (QED) is 0.887. The minimum atomic E-state index is 0.477. The summed E-state index contributed by atoms with van der Waals surface area (Å²) >= 11 is 0. The molecule has 0 aliphatic rings. The molecular weight excluding hydrogens is 262 g/mol. The van der Waals surface area contributed by atoms with Crippen molar-refractivity contribution in [2.75, 3.05) is 7.11 Å². The Kier molecular flexibility index (Phi) is 5.02. The number of nitrogens with zero attached hydrogens (tertiary/aromatic N) is 2. The van der Waals surface area contributed by atoms with Crippen LogP contribution in [0.4, 0.5) is 0 Å². The predicted molar refractivity (Wildman–Crippen MR) is 85.8 cm³/mol. The van der Waals surface area contributed by atoms with Crippen molar-refractivity contribution in [3.05, 3.63) is 46.8 Å². The number of nitrogens with one attached hydrogen (secondary N) is 1. The lowest BCUT2D eigenvalue weighted by molar-refractivity contribution is 0.414. The van der Waals surface area contributed by atoms with Crippen LogP contribution in [-0.4, -0.2) is 22.9 Å². The monoisotopic (exact) mass is 287 g/mol. The molecule has 2 rings (SSSR count). The maximum absolute atomic E-state index is 5.28. The second-order valence-electron chi connectivity index (χ2n) is 5.69. The van der Waals surface area contributed by atoms with Gasteiger partial charge in [0.25, 0.3) is 0 Å². The van der Waals surface area contributed by atoms with E-state index in [1.165, 1.54) is 16.8 Å². The Morgan fingerprint density at radius 1 is 1.29 bits per heavy atom. The van der Waals surface area contributed by atoms with Gasteiger partial charge in [-0.2, -0.15) is 5.10 Å². The highest BCUT2D eigenvalue weighted by molar-refractivity contribution is 5.30. The molecule has 0 bridgehead atoms. The number of hydrogen-bond donors (Lipinski definition) is 1. The van der Waals surface area contributed by atoms with Crippen LogP contribution < -0.4 is 10.1 Å². The molecule has 4 nitrogen and oxygen atoms in total. The smallest absolute Gasteiger partial charge is 0.119 e. The second kappa shape index (κ2) is 6.76. The molecule has 0 amide bonds. The van der Waals surface area contributed by atoms with E-state index in [-0.39, 0.29) is 0 Å². The van der Waals surface area contributed by atoms with E-state index in [0.717, 1.165) is 24.5 Å². The molecule has 0 saturated heterocycles. The molecule has 0 saturated carbocycles. The van der Waals surface area contributed by atoms with Gasteiger partial charge in [0.1, 0.15) is 5.75 Å². The second-order valence-corrected chi connectivity index (χ2v) is 5.69. The number of benzene rings is 1. The molecule has 0 radical (unpaired) electrons. The Bertz CT molecular complexity index is 602. The van der Waals surface area contributed by atoms with Gasteiger partial charge in [-0.3, -0.25) is 4.68 Å². The molecule has 1 N–H and O–H groups in total. The van der Waals surface area contributed by atoms with E-state index < -0.39 is 0 Å². The lowest BCUT2D eigenvalue weighted by Crippen LogP contribution is -2.22. The van der Waals surface area contributed by atoms with Crippen molar-refractivity contribution >= 4 is 0 Å². The van der Waals surface area contributed by atoms with E-state index in [0.29, 0.717) is 6.04 Å². The van der Waals surface area contributed by atoms with Crippen molar-refractivity contribution in [1.82, 2.24) is 15.1 Å². The first-order valence-electron chi connectivity index (χ1n) is 7.40. The number of ether oxygens (including phenoxy) is 1. The summed E-state index contributed by atoms with van der Waals surface area (Å²) in [6.07, 6.45) is 0. The van der Waals surface area contributed by atoms with Gasteiger partial charge >= 0.3 is 0 Å². The first-order chi connectivity index (χ1) is 10.0. The molecule has 1 heterocycles. The summed E-state index contributed by atoms with van der Waals surface area (Å²) in [5.41, 5.74) is 4.82. The fraction of sp³-hybridized carbons (Fsp3) is 0.471. The minimum absolute atomic E-state index is 0.477. The van der Waals surface area contributed by atoms with Crippen LogP contribution in [0.25, 0.3) is 0 Å². The molecule has 1 aromatic heterocycles. The average Bonchev–Trinajstić information content (AvgIpc) is 2.71. The first kappa shape index (κ1) is 15.6. The van der Waals surface area contributed by atoms with Crippen molar-refractivity contribution in [3.8, 4) is 5.75 Å². The molecule has 2 aromatic rings. The highest BCUT2D eigenvalue weighted by atomic mass is 16.5. The van der Waals surface area contributed by atoms with Gasteiger partial charge in [0, 0.05) is 23.8 Å². The Balaban J connectivity index is 2.18. The van der Waals surface area contributed by atoms with Gasteiger partial charge < -0.3 is 10.1 Å². The zero-order valence-corrected chi connectivity index (χ0v) is 13.6. The zero-order chi connectivity index (χ0) is 15.4. The molecule has 4 heteroatoms. The fourth-order valence-electron chi connectivity index (χ4n) is 2.39. The number of rotatable bonds is 6. The van der Waals surface area contributed by atoms with Crippen LogP contribution in [0.3, 0.4) is 0 Å². The van der Waals surface area contributed by atoms with Gasteiger partial charge in [0.15, 0.2) is 0 Å². The normalized spacial score (nSPS) is 11.1. The standard InChI is InChI=1S/C17H25N3O/c1-12(2)18-10-17-13(3)19-20(14(17)4)11-15-7-6-8-16(9-15)21-5/h6-9,12,18H,10-11H2,1-5H3. The van der Waals surface area contributed by atoms with E-state index in [1.807, 2.05) is 12.1 Å². The van der Waals surface area contributed by atoms with Gasteiger partial charge in [-0.25, -0.2) is 0 Å². The van der Waals surface area contributed by atoms with Gasteiger partial charge in [0.05, 0.1) is 19.3 Å². The number of aryl methyl sites for hydroxylation is 1. The van der Waals surface area contributed by atoms with Crippen LogP contribution in [0, 0.1) is 13.8 Å². The van der Waals surface area contributed by atoms with E-state index in [2.05, 4.69) is 54.9 Å². The molecule has 114 valence electrons. The topological polar surface area (TPSA) is 39.1 Å². The first-order valence-corrected chi connectivity index (χ1v) is 7.40. The lowest BCUT2D eigenvalue weighted by Gasteiger charge is -2.09. The Hall–Kier alpha value is -1.81. The molecule has 0 atom stereocenters. The van der Waals surface area contributed by atoms with Crippen LogP contribution in [-0.2, 0) is 13.1 Å². The van der Waals surface area contributed by atoms with Crippen LogP contribution in [0.15, 0.2) is 24.3 Å². The third kappa shape index (κ3) is 3.85. The molecule has 0 unspecified atom stereocenters. The summed E-state index contributed by atoms with van der Waals surface area (Å²) in [4.78, 5) is 0. The maximum atomic E-state index is 5.28. The Labute approximate surface area is 127 Å². The Morgan fingerprint density at radius 2 is 2.05 bits per heavy atom. The number of methoxy groups -OCH3 is 1. The van der Waals surface area contributed by atoms with Crippen molar-refractivity contribution < 1.29 is 4.74 Å². The third-order valence-electron chi connectivity index (χ3n) is 3.68. The fourth-order valence-corrected chi connectivity index (χ4v) is 2.39. The maximum Gasteiger partial charge on any atom is 0.119 e. The van der Waals surface area contributed by atoms with Gasteiger partial charge in [-0.15, -0.1) is 0 Å². The van der Waals surface area contributed by atoms with Gasteiger partial charge in [-0.05, 0) is 31.5 Å². The third-order valence-corrected chi connectivity index (χ3v) is 3.68. The van der Waals surface area contributed by atoms with Gasteiger partial charge in [-0.1, -0.05) is 26.0 Å². The molecule has 0 spiro atoms. The molecule has 1 aromatic carbocycles. The van der Waals surface area contributed by atoms with E-state index in [4.69, 9.17) is 4.74 Å². The molecule has 0 fully saturated rings. The van der Waals surface area contributed by atoms with Crippen LogP contribution in [0.5, 0.6) is 5.75 Å². The summed E-state index contributed by atoms with van der Waals surface area (Å²) in [7, 11) is 1.69. The Morgan fingerprint density at radius 3 is 2.71 bits per heavy atom. The average molecular weight is 287 g/mol. The predicted octanol–water partition coefficient (Wildman–Crippen LogP) is 3.05. The van der Waals surface area contributed by atoms with Crippen molar-refractivity contribution in [2.24, 2.45) is 0 Å². The lowest BCUT2D eigenvalue weighted by atomic mass is 10.1. The summed E-state index contributed by atoms with van der Waals surface area (Å²) in [6, 6.07) is 8.61. The number of aromatic nitrogens is 2. The van der Waals surface area contributed by atoms with E-state index >= 15 is 0 Å². The largest absolute Gasteiger partial charge is 0.497 e. The highest BCUT2D eigenvalue weighted by Crippen LogP contribution is 2.17. The molecule has 21 heavy (non-hydrogen) atoms.